The van der Waals surface area contributed by atoms with Crippen LogP contribution in [0.1, 0.15) is 31.9 Å². The quantitative estimate of drug-likeness (QED) is 0.910. The summed E-state index contributed by atoms with van der Waals surface area (Å²) < 4.78 is 31.4. The molecule has 0 saturated heterocycles. The van der Waals surface area contributed by atoms with Gasteiger partial charge in [-0.15, -0.1) is 0 Å². The topological polar surface area (TPSA) is 38.3 Å². The first-order valence-electron chi connectivity index (χ1n) is 6.71. The molecule has 1 aromatic carbocycles. The normalized spacial score (nSPS) is 12.2. The van der Waals surface area contributed by atoms with Crippen LogP contribution in [-0.2, 0) is 11.2 Å². The van der Waals surface area contributed by atoms with E-state index in [2.05, 4.69) is 5.32 Å². The lowest BCUT2D eigenvalue weighted by atomic mass is 10.0. The van der Waals surface area contributed by atoms with Crippen molar-refractivity contribution in [2.75, 3.05) is 6.54 Å². The van der Waals surface area contributed by atoms with Crippen LogP contribution in [0.25, 0.3) is 0 Å². The van der Waals surface area contributed by atoms with E-state index in [1.807, 2.05) is 0 Å². The second kappa shape index (κ2) is 7.20. The fraction of sp³-hybridized carbons (Fsp3) is 0.438. The van der Waals surface area contributed by atoms with E-state index in [9.17, 15) is 13.6 Å². The molecular formula is C16H21F2NO2. The summed E-state index contributed by atoms with van der Waals surface area (Å²) in [5, 5.41) is 2.47. The molecule has 0 unspecified atom stereocenters. The number of rotatable bonds is 4. The van der Waals surface area contributed by atoms with E-state index < -0.39 is 11.7 Å². The van der Waals surface area contributed by atoms with Crippen molar-refractivity contribution in [1.29, 1.82) is 0 Å². The minimum atomic E-state index is -0.614. The first kappa shape index (κ1) is 17.1. The summed E-state index contributed by atoms with van der Waals surface area (Å²) in [5.41, 5.74) is 0.914. The van der Waals surface area contributed by atoms with Gasteiger partial charge in [-0.3, -0.25) is 0 Å². The van der Waals surface area contributed by atoms with Gasteiger partial charge in [0.1, 0.15) is 11.4 Å². The summed E-state index contributed by atoms with van der Waals surface area (Å²) in [5.74, 6) is -0.328. The number of hydrogen-bond acceptors (Lipinski definition) is 2. The van der Waals surface area contributed by atoms with Gasteiger partial charge < -0.3 is 10.1 Å². The SMILES string of the molecule is Cc1ccc(C/C(=C/F)CNC(=O)OC(C)(C)C)cc1F. The molecule has 0 bridgehead atoms. The molecule has 0 aliphatic heterocycles. The van der Waals surface area contributed by atoms with Crippen LogP contribution in [0.5, 0.6) is 0 Å². The molecule has 0 aromatic heterocycles. The van der Waals surface area contributed by atoms with E-state index in [0.29, 0.717) is 23.0 Å². The Morgan fingerprint density at radius 1 is 1.38 bits per heavy atom. The molecule has 0 aliphatic rings. The highest BCUT2D eigenvalue weighted by molar-refractivity contribution is 5.68. The van der Waals surface area contributed by atoms with Crippen molar-refractivity contribution in [3.63, 3.8) is 0 Å². The van der Waals surface area contributed by atoms with Crippen LogP contribution in [0.4, 0.5) is 13.6 Å². The van der Waals surface area contributed by atoms with Gasteiger partial charge in [-0.2, -0.15) is 0 Å². The molecule has 0 fully saturated rings. The van der Waals surface area contributed by atoms with Gasteiger partial charge in [0.2, 0.25) is 0 Å². The van der Waals surface area contributed by atoms with E-state index >= 15 is 0 Å². The number of benzene rings is 1. The summed E-state index contributed by atoms with van der Waals surface area (Å²) in [4.78, 5) is 11.5. The fourth-order valence-electron chi connectivity index (χ4n) is 1.65. The smallest absolute Gasteiger partial charge is 0.407 e. The molecule has 3 nitrogen and oxygen atoms in total. The first-order valence-corrected chi connectivity index (χ1v) is 6.71. The Morgan fingerprint density at radius 2 is 2.05 bits per heavy atom. The molecule has 1 rings (SSSR count). The number of carbonyl (C=O) groups excluding carboxylic acids is 1. The second-order valence-corrected chi connectivity index (χ2v) is 5.88. The molecule has 1 aromatic rings. The van der Waals surface area contributed by atoms with Crippen molar-refractivity contribution in [2.45, 2.75) is 39.7 Å². The number of halogens is 2. The number of nitrogens with one attached hydrogen (secondary N) is 1. The average Bonchev–Trinajstić information content (AvgIpc) is 2.36. The number of hydrogen-bond donors (Lipinski definition) is 1. The Kier molecular flexibility index (Phi) is 5.88. The molecule has 1 amide bonds. The third-order valence-corrected chi connectivity index (χ3v) is 2.68. The lowest BCUT2D eigenvalue weighted by Crippen LogP contribution is -2.33. The zero-order valence-corrected chi connectivity index (χ0v) is 12.8. The Hall–Kier alpha value is -1.91. The highest BCUT2D eigenvalue weighted by Gasteiger charge is 2.16. The molecule has 5 heteroatoms. The van der Waals surface area contributed by atoms with Gasteiger partial charge in [-0.05, 0) is 56.9 Å². The van der Waals surface area contributed by atoms with Crippen molar-refractivity contribution in [3.8, 4) is 0 Å². The van der Waals surface area contributed by atoms with Crippen molar-refractivity contribution in [3.05, 3.63) is 47.0 Å². The van der Waals surface area contributed by atoms with E-state index in [1.54, 1.807) is 39.8 Å². The molecule has 0 aliphatic carbocycles. The van der Waals surface area contributed by atoms with Crippen LogP contribution in [0.3, 0.4) is 0 Å². The summed E-state index contributed by atoms with van der Waals surface area (Å²) in [6.45, 7) is 6.91. The molecule has 0 saturated carbocycles. The second-order valence-electron chi connectivity index (χ2n) is 5.88. The lowest BCUT2D eigenvalue weighted by Gasteiger charge is -2.20. The van der Waals surface area contributed by atoms with E-state index in [-0.39, 0.29) is 18.8 Å². The molecule has 116 valence electrons. The number of carbonyl (C=O) groups is 1. The third kappa shape index (κ3) is 6.38. The number of aryl methyl sites for hydroxylation is 1. The summed E-state index contributed by atoms with van der Waals surface area (Å²) in [6.07, 6.45) is 0.0375. The summed E-state index contributed by atoms with van der Waals surface area (Å²) in [6, 6.07) is 4.74. The van der Waals surface area contributed by atoms with E-state index in [1.165, 1.54) is 6.07 Å². The van der Waals surface area contributed by atoms with Gasteiger partial charge >= 0.3 is 6.09 Å². The first-order chi connectivity index (χ1) is 9.71. The highest BCUT2D eigenvalue weighted by Crippen LogP contribution is 2.13. The van der Waals surface area contributed by atoms with Crippen LogP contribution in [0.2, 0.25) is 0 Å². The average molecular weight is 297 g/mol. The van der Waals surface area contributed by atoms with Gasteiger partial charge in [0.25, 0.3) is 0 Å². The monoisotopic (exact) mass is 297 g/mol. The van der Waals surface area contributed by atoms with Crippen LogP contribution in [-0.4, -0.2) is 18.2 Å². The minimum absolute atomic E-state index is 0.0148. The van der Waals surface area contributed by atoms with Crippen molar-refractivity contribution in [2.24, 2.45) is 0 Å². The highest BCUT2D eigenvalue weighted by atomic mass is 19.1. The lowest BCUT2D eigenvalue weighted by molar-refractivity contribution is 0.0532. The van der Waals surface area contributed by atoms with E-state index in [4.69, 9.17) is 4.74 Å². The summed E-state index contributed by atoms with van der Waals surface area (Å²) in [7, 11) is 0. The fourth-order valence-corrected chi connectivity index (χ4v) is 1.65. The molecular weight excluding hydrogens is 276 g/mol. The Morgan fingerprint density at radius 3 is 2.57 bits per heavy atom. The Labute approximate surface area is 124 Å². The molecule has 0 heterocycles. The third-order valence-electron chi connectivity index (χ3n) is 2.68. The van der Waals surface area contributed by atoms with Gasteiger partial charge in [0.05, 0.1) is 6.33 Å². The Bertz CT molecular complexity index is 534. The maximum atomic E-state index is 13.4. The molecule has 1 N–H and O–H groups in total. The maximum Gasteiger partial charge on any atom is 0.407 e. The largest absolute Gasteiger partial charge is 0.444 e. The van der Waals surface area contributed by atoms with Crippen LogP contribution in [0.15, 0.2) is 30.1 Å². The number of amides is 1. The molecule has 0 radical (unpaired) electrons. The summed E-state index contributed by atoms with van der Waals surface area (Å²) >= 11 is 0. The van der Waals surface area contributed by atoms with Gasteiger partial charge in [-0.1, -0.05) is 12.1 Å². The molecule has 0 atom stereocenters. The predicted molar refractivity (Wildman–Crippen MR) is 78.3 cm³/mol. The molecule has 0 spiro atoms. The maximum absolute atomic E-state index is 13.4. The van der Waals surface area contributed by atoms with Crippen LogP contribution >= 0.6 is 0 Å². The van der Waals surface area contributed by atoms with Crippen molar-refractivity contribution < 1.29 is 18.3 Å². The van der Waals surface area contributed by atoms with Gasteiger partial charge in [0.15, 0.2) is 0 Å². The van der Waals surface area contributed by atoms with Crippen LogP contribution in [0, 0.1) is 12.7 Å². The van der Waals surface area contributed by atoms with Crippen molar-refractivity contribution in [1.82, 2.24) is 5.32 Å². The minimum Gasteiger partial charge on any atom is -0.444 e. The van der Waals surface area contributed by atoms with Gasteiger partial charge in [0, 0.05) is 6.54 Å². The van der Waals surface area contributed by atoms with Crippen molar-refractivity contribution >= 4 is 6.09 Å². The standard InChI is InChI=1S/C16H21F2NO2/c1-11-5-6-12(8-14(11)18)7-13(9-17)10-19-15(20)21-16(2,3)4/h5-6,8-9H,7,10H2,1-4H3,(H,19,20)/b13-9-. The van der Waals surface area contributed by atoms with Crippen LogP contribution < -0.4 is 5.32 Å². The zero-order valence-electron chi connectivity index (χ0n) is 12.8. The predicted octanol–water partition coefficient (Wildman–Crippen LogP) is 4.05. The number of ether oxygens (including phenoxy) is 1. The molecule has 21 heavy (non-hydrogen) atoms. The Balaban J connectivity index is 2.56. The van der Waals surface area contributed by atoms with E-state index in [0.717, 1.165) is 0 Å². The number of alkyl carbamates (subject to hydrolysis) is 1. The van der Waals surface area contributed by atoms with Gasteiger partial charge in [-0.25, -0.2) is 13.6 Å². The zero-order chi connectivity index (χ0) is 16.0.